The molecule has 0 radical (unpaired) electrons. The molecular weight excluding hydrogens is 354 g/mol. The first-order valence-corrected chi connectivity index (χ1v) is 7.87. The third kappa shape index (κ3) is 2.21. The van der Waals surface area contributed by atoms with Gasteiger partial charge in [0, 0.05) is 18.7 Å². The number of aromatic nitrogens is 3. The first kappa shape index (κ1) is 14.6. The van der Waals surface area contributed by atoms with Crippen LogP contribution in [-0.4, -0.2) is 46.9 Å². The Labute approximate surface area is 140 Å². The van der Waals surface area contributed by atoms with E-state index in [0.717, 1.165) is 0 Å². The highest BCUT2D eigenvalue weighted by atomic mass is 35.5. The van der Waals surface area contributed by atoms with E-state index in [0.29, 0.717) is 36.5 Å². The molecule has 3 heterocycles. The molecule has 1 aliphatic carbocycles. The SMILES string of the molecule is F[C@H]1[C@@H]2COCCN(c3nc(Cl)nc4c(Cl)c(Cl)ncc34)[C@H]12. The van der Waals surface area contributed by atoms with Crippen molar-refractivity contribution in [3.8, 4) is 0 Å². The number of hydrogen-bond donors (Lipinski definition) is 0. The molecule has 1 saturated heterocycles. The van der Waals surface area contributed by atoms with Gasteiger partial charge in [0.2, 0.25) is 5.28 Å². The molecule has 0 spiro atoms. The van der Waals surface area contributed by atoms with Crippen molar-refractivity contribution >= 4 is 51.5 Å². The molecule has 2 aliphatic rings. The van der Waals surface area contributed by atoms with Crippen molar-refractivity contribution in [2.24, 2.45) is 5.92 Å². The smallest absolute Gasteiger partial charge is 0.224 e. The van der Waals surface area contributed by atoms with Crippen LogP contribution in [0.15, 0.2) is 6.20 Å². The maximum Gasteiger partial charge on any atom is 0.224 e. The van der Waals surface area contributed by atoms with Crippen LogP contribution in [0.2, 0.25) is 15.5 Å². The van der Waals surface area contributed by atoms with Crippen LogP contribution in [0, 0.1) is 5.92 Å². The molecule has 2 fully saturated rings. The number of ether oxygens (including phenoxy) is 1. The van der Waals surface area contributed by atoms with E-state index in [2.05, 4.69) is 15.0 Å². The molecule has 3 atom stereocenters. The van der Waals surface area contributed by atoms with Gasteiger partial charge in [-0.2, -0.15) is 4.98 Å². The normalized spacial score (nSPS) is 27.6. The second-order valence-corrected chi connectivity index (χ2v) is 6.38. The Morgan fingerprint density at radius 2 is 2.09 bits per heavy atom. The van der Waals surface area contributed by atoms with E-state index in [1.807, 2.05) is 4.90 Å². The molecule has 0 aromatic carbocycles. The Morgan fingerprint density at radius 3 is 2.91 bits per heavy atom. The molecular formula is C13H10Cl3FN4O. The Bertz CT molecular complexity index is 762. The minimum absolute atomic E-state index is 0.0319. The summed E-state index contributed by atoms with van der Waals surface area (Å²) in [6.07, 6.45) is 0.603. The van der Waals surface area contributed by atoms with Gasteiger partial charge in [-0.05, 0) is 11.6 Å². The number of fused-ring (bicyclic) bond motifs is 2. The van der Waals surface area contributed by atoms with Gasteiger partial charge in [0.1, 0.15) is 27.7 Å². The molecule has 116 valence electrons. The Hall–Kier alpha value is -0.950. The van der Waals surface area contributed by atoms with Crippen LogP contribution in [-0.2, 0) is 4.74 Å². The number of halogens is 4. The lowest BCUT2D eigenvalue weighted by Gasteiger charge is -2.23. The van der Waals surface area contributed by atoms with Crippen LogP contribution in [0.5, 0.6) is 0 Å². The molecule has 1 aliphatic heterocycles. The molecule has 2 aromatic rings. The highest BCUT2D eigenvalue weighted by molar-refractivity contribution is 6.44. The van der Waals surface area contributed by atoms with Crippen molar-refractivity contribution in [3.05, 3.63) is 21.7 Å². The Balaban J connectivity index is 1.89. The maximum absolute atomic E-state index is 14.0. The van der Waals surface area contributed by atoms with Crippen molar-refractivity contribution in [1.82, 2.24) is 15.0 Å². The number of anilines is 1. The molecule has 9 heteroatoms. The first-order valence-electron chi connectivity index (χ1n) is 6.73. The molecule has 2 aromatic heterocycles. The van der Waals surface area contributed by atoms with Gasteiger partial charge in [-0.25, -0.2) is 14.4 Å². The highest BCUT2D eigenvalue weighted by Crippen LogP contribution is 2.44. The van der Waals surface area contributed by atoms with E-state index in [1.165, 1.54) is 6.20 Å². The van der Waals surface area contributed by atoms with Crippen LogP contribution in [0.3, 0.4) is 0 Å². The summed E-state index contributed by atoms with van der Waals surface area (Å²) in [6.45, 7) is 1.44. The quantitative estimate of drug-likeness (QED) is 0.575. The largest absolute Gasteiger partial charge is 0.379 e. The maximum atomic E-state index is 14.0. The van der Waals surface area contributed by atoms with Crippen molar-refractivity contribution in [3.63, 3.8) is 0 Å². The zero-order valence-electron chi connectivity index (χ0n) is 11.1. The standard InChI is InChI=1S/C13H10Cl3FN4O/c14-7-9-5(3-18-11(7)15)12(20-13(16)19-9)21-1-2-22-4-6-8(17)10(6)21/h3,6,8,10H,1-2,4H2/t6-,8-,10-/m0/s1. The van der Waals surface area contributed by atoms with Gasteiger partial charge in [-0.15, -0.1) is 0 Å². The van der Waals surface area contributed by atoms with Crippen molar-refractivity contribution in [2.75, 3.05) is 24.7 Å². The summed E-state index contributed by atoms with van der Waals surface area (Å²) in [5.74, 6) is 0.378. The molecule has 0 unspecified atom stereocenters. The van der Waals surface area contributed by atoms with Gasteiger partial charge >= 0.3 is 0 Å². The molecule has 1 saturated carbocycles. The Morgan fingerprint density at radius 1 is 1.27 bits per heavy atom. The van der Waals surface area contributed by atoms with Crippen molar-refractivity contribution < 1.29 is 9.13 Å². The predicted octanol–water partition coefficient (Wildman–Crippen LogP) is 3.16. The molecule has 0 bridgehead atoms. The summed E-state index contributed by atoms with van der Waals surface area (Å²) in [6, 6.07) is -0.258. The van der Waals surface area contributed by atoms with Crippen LogP contribution >= 0.6 is 34.8 Å². The monoisotopic (exact) mass is 362 g/mol. The molecule has 0 N–H and O–H groups in total. The lowest BCUT2D eigenvalue weighted by molar-refractivity contribution is 0.131. The number of nitrogens with zero attached hydrogens (tertiary/aromatic N) is 4. The topological polar surface area (TPSA) is 51.1 Å². The van der Waals surface area contributed by atoms with Crippen LogP contribution in [0.25, 0.3) is 10.9 Å². The van der Waals surface area contributed by atoms with E-state index < -0.39 is 6.17 Å². The second-order valence-electron chi connectivity index (χ2n) is 5.31. The zero-order chi connectivity index (χ0) is 15.4. The van der Waals surface area contributed by atoms with E-state index in [1.54, 1.807) is 0 Å². The highest BCUT2D eigenvalue weighted by Gasteiger charge is 2.56. The van der Waals surface area contributed by atoms with Crippen molar-refractivity contribution in [1.29, 1.82) is 0 Å². The molecule has 4 rings (SSSR count). The number of rotatable bonds is 1. The third-order valence-electron chi connectivity index (χ3n) is 4.05. The number of pyridine rings is 1. The second kappa shape index (κ2) is 5.30. The van der Waals surface area contributed by atoms with E-state index >= 15 is 0 Å². The van der Waals surface area contributed by atoms with E-state index in [-0.39, 0.29) is 27.4 Å². The third-order valence-corrected chi connectivity index (χ3v) is 4.96. The van der Waals surface area contributed by atoms with Crippen LogP contribution in [0.1, 0.15) is 0 Å². The summed E-state index contributed by atoms with van der Waals surface area (Å²) in [4.78, 5) is 14.3. The first-order chi connectivity index (χ1) is 10.6. The zero-order valence-corrected chi connectivity index (χ0v) is 13.4. The van der Waals surface area contributed by atoms with Crippen molar-refractivity contribution in [2.45, 2.75) is 12.2 Å². The van der Waals surface area contributed by atoms with Gasteiger partial charge in [0.05, 0.1) is 24.6 Å². The summed E-state index contributed by atoms with van der Waals surface area (Å²) < 4.78 is 19.4. The van der Waals surface area contributed by atoms with Crippen LogP contribution < -0.4 is 4.90 Å². The molecule has 5 nitrogen and oxygen atoms in total. The van der Waals surface area contributed by atoms with Crippen LogP contribution in [0.4, 0.5) is 10.2 Å². The van der Waals surface area contributed by atoms with Gasteiger partial charge in [-0.3, -0.25) is 0 Å². The summed E-state index contributed by atoms with van der Waals surface area (Å²) in [7, 11) is 0. The lowest BCUT2D eigenvalue weighted by atomic mass is 10.2. The molecule has 0 amide bonds. The lowest BCUT2D eigenvalue weighted by Crippen LogP contribution is -2.31. The van der Waals surface area contributed by atoms with Gasteiger partial charge in [0.15, 0.2) is 0 Å². The fourth-order valence-corrected chi connectivity index (χ4v) is 3.39. The summed E-state index contributed by atoms with van der Waals surface area (Å²) in [5, 5.41) is 0.977. The summed E-state index contributed by atoms with van der Waals surface area (Å²) in [5.41, 5.74) is 0.412. The minimum Gasteiger partial charge on any atom is -0.379 e. The molecule has 22 heavy (non-hydrogen) atoms. The average molecular weight is 364 g/mol. The number of hydrogen-bond acceptors (Lipinski definition) is 5. The van der Waals surface area contributed by atoms with Gasteiger partial charge in [0.25, 0.3) is 0 Å². The minimum atomic E-state index is -0.931. The van der Waals surface area contributed by atoms with Gasteiger partial charge < -0.3 is 9.64 Å². The fourth-order valence-electron chi connectivity index (χ4n) is 2.90. The van der Waals surface area contributed by atoms with E-state index in [9.17, 15) is 4.39 Å². The van der Waals surface area contributed by atoms with Gasteiger partial charge in [-0.1, -0.05) is 23.2 Å². The average Bonchev–Trinajstić information content (AvgIpc) is 3.18. The van der Waals surface area contributed by atoms with E-state index in [4.69, 9.17) is 39.5 Å². The fraction of sp³-hybridized carbons (Fsp3) is 0.462. The summed E-state index contributed by atoms with van der Waals surface area (Å²) >= 11 is 18.1. The number of alkyl halides is 1. The predicted molar refractivity (Wildman–Crippen MR) is 82.7 cm³/mol. The Kier molecular flexibility index (Phi) is 3.52.